The number of carbonyl (C=O) groups excluding carboxylic acids is 1. The van der Waals surface area contributed by atoms with Crippen LogP contribution >= 0.6 is 11.8 Å². The van der Waals surface area contributed by atoms with Gasteiger partial charge in [-0.2, -0.15) is 0 Å². The fourth-order valence-electron chi connectivity index (χ4n) is 1.71. The molecule has 20 heavy (non-hydrogen) atoms. The van der Waals surface area contributed by atoms with Crippen molar-refractivity contribution in [2.75, 3.05) is 12.4 Å². The first-order valence-corrected chi connectivity index (χ1v) is 7.75. The molecule has 1 rings (SSSR count). The Balaban J connectivity index is 2.56. The van der Waals surface area contributed by atoms with E-state index >= 15 is 0 Å². The van der Waals surface area contributed by atoms with E-state index in [0.29, 0.717) is 30.1 Å². The van der Waals surface area contributed by atoms with Gasteiger partial charge in [0.1, 0.15) is 11.9 Å². The summed E-state index contributed by atoms with van der Waals surface area (Å²) >= 11 is 1.15. The Hall–Kier alpha value is -1.04. The summed E-state index contributed by atoms with van der Waals surface area (Å²) in [5.74, 6) is 1.19. The fourth-order valence-corrected chi connectivity index (χ4v) is 2.36. The second-order valence-electron chi connectivity index (χ2n) is 4.56. The molecule has 2 N–H and O–H groups in total. The Morgan fingerprint density at radius 3 is 2.80 bits per heavy atom. The van der Waals surface area contributed by atoms with E-state index in [-0.39, 0.29) is 5.12 Å². The lowest BCUT2D eigenvalue weighted by Crippen LogP contribution is -2.19. The van der Waals surface area contributed by atoms with Gasteiger partial charge in [-0.05, 0) is 30.5 Å². The van der Waals surface area contributed by atoms with Crippen molar-refractivity contribution in [1.82, 2.24) is 0 Å². The summed E-state index contributed by atoms with van der Waals surface area (Å²) in [7, 11) is 0. The highest BCUT2D eigenvalue weighted by atomic mass is 32.2. The van der Waals surface area contributed by atoms with Crippen molar-refractivity contribution >= 4 is 16.9 Å². The van der Waals surface area contributed by atoms with Gasteiger partial charge in [0.05, 0.1) is 12.7 Å². The smallest absolute Gasteiger partial charge is 0.185 e. The Bertz CT molecular complexity index is 422. The Morgan fingerprint density at radius 2 is 2.15 bits per heavy atom. The maximum Gasteiger partial charge on any atom is 0.185 e. The van der Waals surface area contributed by atoms with Crippen LogP contribution in [0, 0.1) is 0 Å². The molecule has 1 aromatic carbocycles. The highest BCUT2D eigenvalue weighted by molar-refractivity contribution is 8.13. The van der Waals surface area contributed by atoms with E-state index in [9.17, 15) is 15.0 Å². The van der Waals surface area contributed by atoms with Crippen LogP contribution in [0.5, 0.6) is 5.75 Å². The number of aliphatic hydroxyl groups excluding tert-OH is 2. The molecular weight excluding hydrogens is 276 g/mol. The first-order chi connectivity index (χ1) is 9.54. The molecule has 2 atom stereocenters. The molecule has 0 bridgehead atoms. The molecule has 0 saturated carbocycles. The largest absolute Gasteiger partial charge is 0.494 e. The summed E-state index contributed by atoms with van der Waals surface area (Å²) in [6.45, 7) is 4.13. The first-order valence-electron chi connectivity index (χ1n) is 6.76. The number of hydrogen-bond acceptors (Lipinski definition) is 5. The van der Waals surface area contributed by atoms with Gasteiger partial charge in [0, 0.05) is 12.7 Å². The third kappa shape index (κ3) is 5.94. The average Bonchev–Trinajstić information content (AvgIpc) is 2.44. The van der Waals surface area contributed by atoms with Crippen LogP contribution < -0.4 is 4.74 Å². The number of benzene rings is 1. The molecule has 0 fully saturated rings. The minimum absolute atomic E-state index is 0.0154. The van der Waals surface area contributed by atoms with Gasteiger partial charge in [-0.3, -0.25) is 4.79 Å². The minimum Gasteiger partial charge on any atom is -0.494 e. The second kappa shape index (κ2) is 9.00. The van der Waals surface area contributed by atoms with Crippen LogP contribution in [0.3, 0.4) is 0 Å². The fraction of sp³-hybridized carbons (Fsp3) is 0.533. The number of aliphatic hydroxyl groups is 2. The van der Waals surface area contributed by atoms with E-state index in [4.69, 9.17) is 4.74 Å². The Kier molecular flexibility index (Phi) is 7.65. The molecule has 0 spiro atoms. The molecule has 2 unspecified atom stereocenters. The molecule has 0 aromatic heterocycles. The molecule has 0 saturated heterocycles. The number of rotatable bonds is 8. The van der Waals surface area contributed by atoms with Crippen molar-refractivity contribution in [2.24, 2.45) is 0 Å². The van der Waals surface area contributed by atoms with Crippen molar-refractivity contribution in [3.05, 3.63) is 29.8 Å². The SMILES string of the molecule is CCCOc1cccc(C(O)C(O)CCSC(C)=O)c1. The Morgan fingerprint density at radius 1 is 1.40 bits per heavy atom. The van der Waals surface area contributed by atoms with Gasteiger partial charge in [-0.25, -0.2) is 0 Å². The van der Waals surface area contributed by atoms with Gasteiger partial charge in [0.2, 0.25) is 0 Å². The van der Waals surface area contributed by atoms with Crippen molar-refractivity contribution in [2.45, 2.75) is 38.9 Å². The molecule has 4 nitrogen and oxygen atoms in total. The topological polar surface area (TPSA) is 66.8 Å². The van der Waals surface area contributed by atoms with Crippen LogP contribution in [0.2, 0.25) is 0 Å². The summed E-state index contributed by atoms with van der Waals surface area (Å²) in [6, 6.07) is 7.11. The van der Waals surface area contributed by atoms with Gasteiger partial charge < -0.3 is 14.9 Å². The van der Waals surface area contributed by atoms with Gasteiger partial charge >= 0.3 is 0 Å². The molecule has 0 aliphatic heterocycles. The molecule has 1 aromatic rings. The lowest BCUT2D eigenvalue weighted by molar-refractivity contribution is -0.109. The maximum absolute atomic E-state index is 10.8. The van der Waals surface area contributed by atoms with Crippen LogP contribution in [0.15, 0.2) is 24.3 Å². The second-order valence-corrected chi connectivity index (χ2v) is 5.83. The van der Waals surface area contributed by atoms with Crippen LogP contribution in [0.4, 0.5) is 0 Å². The van der Waals surface area contributed by atoms with Crippen LogP contribution in [-0.2, 0) is 4.79 Å². The summed E-state index contributed by atoms with van der Waals surface area (Å²) in [5, 5.41) is 20.1. The number of carbonyl (C=O) groups is 1. The Labute approximate surface area is 124 Å². The van der Waals surface area contributed by atoms with E-state index in [1.807, 2.05) is 13.0 Å². The summed E-state index contributed by atoms with van der Waals surface area (Å²) in [6.07, 6.45) is -0.570. The molecule has 0 aliphatic carbocycles. The summed E-state index contributed by atoms with van der Waals surface area (Å²) in [4.78, 5) is 10.8. The third-order valence-electron chi connectivity index (χ3n) is 2.76. The zero-order valence-corrected chi connectivity index (χ0v) is 12.7. The molecular formula is C15H22O4S. The third-order valence-corrected chi connectivity index (χ3v) is 3.60. The molecule has 0 heterocycles. The van der Waals surface area contributed by atoms with Crippen LogP contribution in [-0.4, -0.2) is 33.8 Å². The molecule has 0 radical (unpaired) electrons. The van der Waals surface area contributed by atoms with E-state index in [1.54, 1.807) is 18.2 Å². The van der Waals surface area contributed by atoms with E-state index < -0.39 is 12.2 Å². The highest BCUT2D eigenvalue weighted by Crippen LogP contribution is 2.24. The number of ether oxygens (including phenoxy) is 1. The quantitative estimate of drug-likeness (QED) is 0.772. The van der Waals surface area contributed by atoms with Gasteiger partial charge in [0.25, 0.3) is 0 Å². The van der Waals surface area contributed by atoms with E-state index in [2.05, 4.69) is 0 Å². The van der Waals surface area contributed by atoms with E-state index in [1.165, 1.54) is 6.92 Å². The van der Waals surface area contributed by atoms with Crippen LogP contribution in [0.1, 0.15) is 38.4 Å². The monoisotopic (exact) mass is 298 g/mol. The van der Waals surface area contributed by atoms with E-state index in [0.717, 1.165) is 18.2 Å². The lowest BCUT2D eigenvalue weighted by atomic mass is 10.0. The van der Waals surface area contributed by atoms with Gasteiger partial charge in [0.15, 0.2) is 5.12 Å². The zero-order valence-electron chi connectivity index (χ0n) is 11.9. The van der Waals surface area contributed by atoms with Crippen molar-refractivity contribution in [3.63, 3.8) is 0 Å². The van der Waals surface area contributed by atoms with Gasteiger partial charge in [-0.1, -0.05) is 30.8 Å². The summed E-state index contributed by atoms with van der Waals surface area (Å²) in [5.41, 5.74) is 0.624. The molecule has 0 aliphatic rings. The highest BCUT2D eigenvalue weighted by Gasteiger charge is 2.18. The standard InChI is InChI=1S/C15H22O4S/c1-3-8-19-13-6-4-5-12(10-13)15(18)14(17)7-9-20-11(2)16/h4-6,10,14-15,17-18H,3,7-9H2,1-2H3. The minimum atomic E-state index is -0.965. The maximum atomic E-state index is 10.8. The molecule has 5 heteroatoms. The average molecular weight is 298 g/mol. The molecule has 0 amide bonds. The molecule has 112 valence electrons. The predicted molar refractivity (Wildman–Crippen MR) is 81.0 cm³/mol. The van der Waals surface area contributed by atoms with Crippen molar-refractivity contribution < 1.29 is 19.7 Å². The van der Waals surface area contributed by atoms with Crippen LogP contribution in [0.25, 0.3) is 0 Å². The predicted octanol–water partition coefficient (Wildman–Crippen LogP) is 2.54. The van der Waals surface area contributed by atoms with Gasteiger partial charge in [-0.15, -0.1) is 0 Å². The first kappa shape index (κ1) is 17.0. The van der Waals surface area contributed by atoms with Crippen molar-refractivity contribution in [1.29, 1.82) is 0 Å². The zero-order chi connectivity index (χ0) is 15.0. The van der Waals surface area contributed by atoms with Crippen molar-refractivity contribution in [3.8, 4) is 5.75 Å². The number of thioether (sulfide) groups is 1. The normalized spacial score (nSPS) is 13.8. The number of hydrogen-bond donors (Lipinski definition) is 2. The lowest BCUT2D eigenvalue weighted by Gasteiger charge is -2.18. The summed E-state index contributed by atoms with van der Waals surface area (Å²) < 4.78 is 5.50.